The number of alkyl halides is 3. The summed E-state index contributed by atoms with van der Waals surface area (Å²) < 4.78 is 44.5. The first kappa shape index (κ1) is 16.2. The van der Waals surface area contributed by atoms with Gasteiger partial charge >= 0.3 is 17.9 Å². The Morgan fingerprint density at radius 1 is 1.36 bits per heavy atom. The van der Waals surface area contributed by atoms with Crippen molar-refractivity contribution in [3.63, 3.8) is 0 Å². The molecule has 9 heteroatoms. The number of carbonyl (C=O) groups is 2. The van der Waals surface area contributed by atoms with E-state index < -0.39 is 23.8 Å². The molecule has 2 heterocycles. The van der Waals surface area contributed by atoms with Gasteiger partial charge in [-0.15, -0.1) is 0 Å². The highest BCUT2D eigenvalue weighted by Gasteiger charge is 2.69. The molecule has 1 unspecified atom stereocenters. The minimum atomic E-state index is -5.06. The number of ether oxygens (including phenoxy) is 1. The van der Waals surface area contributed by atoms with E-state index in [1.165, 1.54) is 12.3 Å². The third kappa shape index (κ3) is 2.76. The average molecular weight is 317 g/mol. The van der Waals surface area contributed by atoms with Gasteiger partial charge in [0.2, 0.25) is 0 Å². The maximum atomic E-state index is 13.3. The van der Waals surface area contributed by atoms with Crippen molar-refractivity contribution in [3.8, 4) is 0 Å². The molecule has 3 amide bonds. The van der Waals surface area contributed by atoms with E-state index in [4.69, 9.17) is 0 Å². The monoisotopic (exact) mass is 317 g/mol. The van der Waals surface area contributed by atoms with Crippen LogP contribution < -0.4 is 5.32 Å². The van der Waals surface area contributed by atoms with Crippen molar-refractivity contribution in [1.29, 1.82) is 0 Å². The van der Waals surface area contributed by atoms with Crippen LogP contribution in [0.15, 0.2) is 24.4 Å². The van der Waals surface area contributed by atoms with Crippen molar-refractivity contribution in [3.05, 3.63) is 30.1 Å². The van der Waals surface area contributed by atoms with Gasteiger partial charge in [-0.3, -0.25) is 20.0 Å². The Bertz CT molecular complexity index is 565. The van der Waals surface area contributed by atoms with E-state index in [-0.39, 0.29) is 19.6 Å². The van der Waals surface area contributed by atoms with Crippen molar-refractivity contribution in [2.75, 3.05) is 6.61 Å². The normalized spacial score (nSPS) is 22.1. The molecule has 0 aromatic carbocycles. The van der Waals surface area contributed by atoms with Crippen LogP contribution in [0.2, 0.25) is 0 Å². The third-order valence-corrected chi connectivity index (χ3v) is 3.04. The zero-order valence-corrected chi connectivity index (χ0v) is 11.7. The van der Waals surface area contributed by atoms with Gasteiger partial charge in [-0.05, 0) is 18.6 Å². The van der Waals surface area contributed by atoms with E-state index in [0.29, 0.717) is 10.6 Å². The van der Waals surface area contributed by atoms with Crippen LogP contribution in [0.25, 0.3) is 0 Å². The van der Waals surface area contributed by atoms with Gasteiger partial charge < -0.3 is 4.74 Å². The van der Waals surface area contributed by atoms with Gasteiger partial charge in [0, 0.05) is 6.20 Å². The van der Waals surface area contributed by atoms with Crippen molar-refractivity contribution in [1.82, 2.24) is 15.2 Å². The van der Waals surface area contributed by atoms with Crippen LogP contribution in [0.1, 0.15) is 19.0 Å². The van der Waals surface area contributed by atoms with Crippen LogP contribution in [-0.2, 0) is 16.1 Å². The first-order chi connectivity index (χ1) is 10.3. The van der Waals surface area contributed by atoms with E-state index >= 15 is 0 Å². The topological polar surface area (TPSA) is 71.5 Å². The number of aromatic nitrogens is 1. The Morgan fingerprint density at radius 2 is 2.09 bits per heavy atom. The van der Waals surface area contributed by atoms with Crippen molar-refractivity contribution in [2.24, 2.45) is 0 Å². The quantitative estimate of drug-likeness (QED) is 0.841. The summed E-state index contributed by atoms with van der Waals surface area (Å²) >= 11 is 0. The van der Waals surface area contributed by atoms with E-state index in [1.54, 1.807) is 24.4 Å². The van der Waals surface area contributed by atoms with E-state index in [0.717, 1.165) is 0 Å². The number of hydrogen-bond donors (Lipinski definition) is 1. The van der Waals surface area contributed by atoms with Crippen LogP contribution in [0.5, 0.6) is 0 Å². The lowest BCUT2D eigenvalue weighted by molar-refractivity contribution is -0.271. The molecule has 6 nitrogen and oxygen atoms in total. The number of nitrogens with one attached hydrogen (secondary N) is 1. The van der Waals surface area contributed by atoms with Crippen LogP contribution in [0.4, 0.5) is 18.0 Å². The van der Waals surface area contributed by atoms with Crippen molar-refractivity contribution < 1.29 is 27.5 Å². The smallest absolute Gasteiger partial charge is 0.340 e. The van der Waals surface area contributed by atoms with Crippen LogP contribution in [0, 0.1) is 0 Å². The maximum Gasteiger partial charge on any atom is 0.446 e. The number of halogens is 3. The Morgan fingerprint density at radius 3 is 2.64 bits per heavy atom. The number of nitrogens with zero attached hydrogens (tertiary/aromatic N) is 2. The summed E-state index contributed by atoms with van der Waals surface area (Å²) in [5, 5.41) is 1.62. The highest BCUT2D eigenvalue weighted by atomic mass is 19.4. The SMILES string of the molecule is CCCOC1(C(F)(F)F)NC(=O)N(Cc2ccccn2)C1=O. The number of hydrogen-bond acceptors (Lipinski definition) is 4. The number of pyridine rings is 1. The summed E-state index contributed by atoms with van der Waals surface area (Å²) in [5.74, 6) is -1.48. The first-order valence-corrected chi connectivity index (χ1v) is 6.56. The van der Waals surface area contributed by atoms with Gasteiger partial charge in [0.1, 0.15) is 0 Å². The fourth-order valence-corrected chi connectivity index (χ4v) is 1.98. The molecule has 22 heavy (non-hydrogen) atoms. The molecule has 120 valence electrons. The van der Waals surface area contributed by atoms with E-state index in [2.05, 4.69) is 9.72 Å². The molecule has 1 aliphatic heterocycles. The summed E-state index contributed by atoms with van der Waals surface area (Å²) in [6, 6.07) is 3.55. The van der Waals surface area contributed by atoms with E-state index in [1.807, 2.05) is 0 Å². The lowest BCUT2D eigenvalue weighted by Gasteiger charge is -2.28. The molecule has 1 aliphatic rings. The molecule has 1 fully saturated rings. The maximum absolute atomic E-state index is 13.3. The Kier molecular flexibility index (Phi) is 4.36. The zero-order chi connectivity index (χ0) is 16.4. The summed E-state index contributed by atoms with van der Waals surface area (Å²) in [7, 11) is 0. The summed E-state index contributed by atoms with van der Waals surface area (Å²) in [6.45, 7) is 0.915. The second-order valence-corrected chi connectivity index (χ2v) is 4.67. The minimum Gasteiger partial charge on any atom is -0.340 e. The number of amides is 3. The zero-order valence-electron chi connectivity index (χ0n) is 11.7. The van der Waals surface area contributed by atoms with Crippen LogP contribution in [0.3, 0.4) is 0 Å². The fourth-order valence-electron chi connectivity index (χ4n) is 1.98. The Hall–Kier alpha value is -2.16. The van der Waals surface area contributed by atoms with E-state index in [9.17, 15) is 22.8 Å². The number of imide groups is 1. The predicted molar refractivity (Wildman–Crippen MR) is 68.3 cm³/mol. The molecule has 1 aromatic heterocycles. The Labute approximate surface area is 124 Å². The molecule has 1 N–H and O–H groups in total. The number of carbonyl (C=O) groups excluding carboxylic acids is 2. The summed E-state index contributed by atoms with van der Waals surface area (Å²) in [6.07, 6.45) is -3.38. The number of rotatable bonds is 5. The lowest BCUT2D eigenvalue weighted by Crippen LogP contribution is -2.60. The molecule has 0 spiro atoms. The highest BCUT2D eigenvalue weighted by molar-refractivity contribution is 6.06. The summed E-state index contributed by atoms with van der Waals surface area (Å²) in [5.41, 5.74) is -3.03. The molecule has 2 rings (SSSR count). The average Bonchev–Trinajstić information content (AvgIpc) is 2.71. The predicted octanol–water partition coefficient (Wildman–Crippen LogP) is 1.82. The molecule has 1 saturated heterocycles. The second-order valence-electron chi connectivity index (χ2n) is 4.67. The third-order valence-electron chi connectivity index (χ3n) is 3.04. The molecule has 1 aromatic rings. The largest absolute Gasteiger partial charge is 0.446 e. The van der Waals surface area contributed by atoms with Gasteiger partial charge in [-0.1, -0.05) is 13.0 Å². The van der Waals surface area contributed by atoms with Gasteiger partial charge in [0.15, 0.2) is 0 Å². The molecular weight excluding hydrogens is 303 g/mol. The molecule has 1 atom stereocenters. The van der Waals surface area contributed by atoms with Crippen LogP contribution in [-0.4, -0.2) is 40.3 Å². The second kappa shape index (κ2) is 5.91. The van der Waals surface area contributed by atoms with Gasteiger partial charge in [-0.2, -0.15) is 13.2 Å². The molecular formula is C13H14F3N3O3. The molecule has 0 saturated carbocycles. The first-order valence-electron chi connectivity index (χ1n) is 6.56. The minimum absolute atomic E-state index is 0.265. The Balaban J connectivity index is 2.28. The van der Waals surface area contributed by atoms with Crippen molar-refractivity contribution >= 4 is 11.9 Å². The van der Waals surface area contributed by atoms with Gasteiger partial charge in [0.25, 0.3) is 5.91 Å². The standard InChI is InChI=1S/C13H14F3N3O3/c1-2-7-22-12(13(14,15)16)10(20)19(11(21)18-12)8-9-5-3-4-6-17-9/h3-6H,2,7-8H2,1H3,(H,18,21). The summed E-state index contributed by atoms with van der Waals surface area (Å²) in [4.78, 5) is 28.3. The van der Waals surface area contributed by atoms with Gasteiger partial charge in [0.05, 0.1) is 18.8 Å². The van der Waals surface area contributed by atoms with Crippen molar-refractivity contribution in [2.45, 2.75) is 31.8 Å². The number of urea groups is 1. The molecule has 0 aliphatic carbocycles. The highest BCUT2D eigenvalue weighted by Crippen LogP contribution is 2.37. The fraction of sp³-hybridized carbons (Fsp3) is 0.462. The van der Waals surface area contributed by atoms with Crippen LogP contribution >= 0.6 is 0 Å². The van der Waals surface area contributed by atoms with Gasteiger partial charge in [-0.25, -0.2) is 4.79 Å². The molecule has 0 bridgehead atoms. The lowest BCUT2D eigenvalue weighted by atomic mass is 10.2. The molecule has 0 radical (unpaired) electrons.